The maximum Gasteiger partial charge on any atom is 0.320 e. The summed E-state index contributed by atoms with van der Waals surface area (Å²) in [5, 5.41) is 0.401. The third kappa shape index (κ3) is 5.30. The van der Waals surface area contributed by atoms with Crippen molar-refractivity contribution in [3.63, 3.8) is 0 Å². The summed E-state index contributed by atoms with van der Waals surface area (Å²) in [7, 11) is 2.93. The molecule has 1 aliphatic heterocycles. The first-order chi connectivity index (χ1) is 15.3. The van der Waals surface area contributed by atoms with Crippen LogP contribution in [0, 0.1) is 13.8 Å². The highest BCUT2D eigenvalue weighted by Gasteiger charge is 2.48. The second-order valence-corrected chi connectivity index (χ2v) is 9.85. The first kappa shape index (κ1) is 24.6. The van der Waals surface area contributed by atoms with E-state index < -0.39 is 16.6 Å². The number of esters is 1. The van der Waals surface area contributed by atoms with Crippen LogP contribution in [0.3, 0.4) is 0 Å². The van der Waals surface area contributed by atoms with E-state index in [0.29, 0.717) is 29.4 Å². The van der Waals surface area contributed by atoms with Crippen LogP contribution in [-0.2, 0) is 24.8 Å². The Balaban J connectivity index is 1.96. The van der Waals surface area contributed by atoms with Gasteiger partial charge in [-0.25, -0.2) is 0 Å². The molecule has 32 heavy (non-hydrogen) atoms. The number of carbonyl (C=O) groups is 2. The lowest BCUT2D eigenvalue weighted by atomic mass is 9.82. The van der Waals surface area contributed by atoms with Crippen LogP contribution in [0.2, 0.25) is 5.02 Å². The van der Waals surface area contributed by atoms with Crippen molar-refractivity contribution in [1.29, 1.82) is 0 Å². The number of ketones is 1. The lowest BCUT2D eigenvalue weighted by Gasteiger charge is -2.37. The van der Waals surface area contributed by atoms with Gasteiger partial charge >= 0.3 is 5.97 Å². The predicted octanol–water partition coefficient (Wildman–Crippen LogP) is 5.27. The molecule has 0 amide bonds. The number of rotatable bonds is 8. The predicted molar refractivity (Wildman–Crippen MR) is 128 cm³/mol. The quantitative estimate of drug-likeness (QED) is 0.382. The highest BCUT2D eigenvalue weighted by Crippen LogP contribution is 2.43. The minimum atomic E-state index is -1.10. The van der Waals surface area contributed by atoms with Gasteiger partial charge in [0.05, 0.1) is 25.6 Å². The molecule has 2 aromatic carbocycles. The number of aryl methyl sites for hydroxylation is 2. The van der Waals surface area contributed by atoms with Gasteiger partial charge in [-0.2, -0.15) is 0 Å². The number of Topliss-reactive ketones (excluding diaryl/α,β-unsaturated/α-hetero) is 1. The van der Waals surface area contributed by atoms with Crippen molar-refractivity contribution in [2.75, 3.05) is 27.4 Å². The zero-order valence-corrected chi connectivity index (χ0v) is 20.5. The molecule has 2 unspecified atom stereocenters. The van der Waals surface area contributed by atoms with Gasteiger partial charge in [0.15, 0.2) is 5.78 Å². The fourth-order valence-electron chi connectivity index (χ4n) is 4.12. The normalized spacial score (nSPS) is 19.3. The molecule has 0 aliphatic carbocycles. The van der Waals surface area contributed by atoms with Crippen LogP contribution in [0.5, 0.6) is 5.75 Å². The standard InChI is InChI=1S/C25H29ClO5S/c1-16-12-17(2)21(20(26)13-16)22(24(28)30-4)23(27)25(10-5-11-31-15-25)32-14-18-6-8-19(29-3)9-7-18/h6-9,12-13,22H,5,10-11,14-15H2,1-4H3. The van der Waals surface area contributed by atoms with Gasteiger partial charge < -0.3 is 14.2 Å². The number of hydrogen-bond donors (Lipinski definition) is 0. The van der Waals surface area contributed by atoms with E-state index in [1.165, 1.54) is 18.9 Å². The second-order valence-electron chi connectivity index (χ2n) is 8.08. The van der Waals surface area contributed by atoms with Gasteiger partial charge in [0.2, 0.25) is 0 Å². The minimum absolute atomic E-state index is 0.212. The molecule has 1 saturated heterocycles. The van der Waals surface area contributed by atoms with E-state index >= 15 is 0 Å². The highest BCUT2D eigenvalue weighted by atomic mass is 35.5. The Morgan fingerprint density at radius 3 is 2.47 bits per heavy atom. The Morgan fingerprint density at radius 2 is 1.91 bits per heavy atom. The summed E-state index contributed by atoms with van der Waals surface area (Å²) in [6, 6.07) is 11.5. The van der Waals surface area contributed by atoms with Crippen molar-refractivity contribution >= 4 is 35.1 Å². The summed E-state index contributed by atoms with van der Waals surface area (Å²) < 4.78 is 15.2. The third-order valence-electron chi connectivity index (χ3n) is 5.80. The number of carbonyl (C=O) groups excluding carboxylic acids is 2. The highest BCUT2D eigenvalue weighted by molar-refractivity contribution is 8.00. The number of thioether (sulfide) groups is 1. The van der Waals surface area contributed by atoms with Gasteiger partial charge in [-0.1, -0.05) is 29.8 Å². The number of halogens is 1. The summed E-state index contributed by atoms with van der Waals surface area (Å²) >= 11 is 8.07. The molecule has 0 saturated carbocycles. The molecule has 0 spiro atoms. The molecule has 0 aromatic heterocycles. The molecule has 5 nitrogen and oxygen atoms in total. The van der Waals surface area contributed by atoms with Gasteiger partial charge in [-0.05, 0) is 67.1 Å². The van der Waals surface area contributed by atoms with Crippen LogP contribution in [0.15, 0.2) is 36.4 Å². The van der Waals surface area contributed by atoms with Crippen LogP contribution in [0.1, 0.15) is 41.0 Å². The molecule has 1 aliphatic rings. The van der Waals surface area contributed by atoms with Gasteiger partial charge in [0, 0.05) is 17.4 Å². The molecule has 2 atom stereocenters. The number of methoxy groups -OCH3 is 2. The molecule has 0 N–H and O–H groups in total. The molecule has 172 valence electrons. The van der Waals surface area contributed by atoms with E-state index in [1.54, 1.807) is 13.2 Å². The zero-order chi connectivity index (χ0) is 23.3. The smallest absolute Gasteiger partial charge is 0.320 e. The summed E-state index contributed by atoms with van der Waals surface area (Å²) in [4.78, 5) is 27.0. The van der Waals surface area contributed by atoms with Crippen LogP contribution in [-0.4, -0.2) is 43.9 Å². The fourth-order valence-corrected chi connectivity index (χ4v) is 5.90. The number of hydrogen-bond acceptors (Lipinski definition) is 6. The van der Waals surface area contributed by atoms with E-state index in [2.05, 4.69) is 0 Å². The van der Waals surface area contributed by atoms with Crippen molar-refractivity contribution < 1.29 is 23.8 Å². The minimum Gasteiger partial charge on any atom is -0.497 e. The summed E-state index contributed by atoms with van der Waals surface area (Å²) in [5.41, 5.74) is 3.35. The van der Waals surface area contributed by atoms with Crippen molar-refractivity contribution in [1.82, 2.24) is 0 Å². The molecular formula is C25H29ClO5S. The molecule has 0 radical (unpaired) electrons. The van der Waals surface area contributed by atoms with Gasteiger partial charge in [-0.3, -0.25) is 9.59 Å². The lowest BCUT2D eigenvalue weighted by molar-refractivity contribution is -0.147. The first-order valence-corrected chi connectivity index (χ1v) is 11.9. The molecule has 1 heterocycles. The van der Waals surface area contributed by atoms with E-state index in [9.17, 15) is 9.59 Å². The van der Waals surface area contributed by atoms with E-state index in [-0.39, 0.29) is 12.4 Å². The summed E-state index contributed by atoms with van der Waals surface area (Å²) in [5.74, 6) is -0.526. The Hall–Kier alpha value is -2.02. The number of ether oxygens (including phenoxy) is 3. The Morgan fingerprint density at radius 1 is 1.19 bits per heavy atom. The topological polar surface area (TPSA) is 61.8 Å². The van der Waals surface area contributed by atoms with E-state index in [4.69, 9.17) is 25.8 Å². The van der Waals surface area contributed by atoms with E-state index in [0.717, 1.165) is 28.9 Å². The molecule has 7 heteroatoms. The Labute approximate surface area is 198 Å². The second kappa shape index (κ2) is 10.7. The van der Waals surface area contributed by atoms with Crippen molar-refractivity contribution in [2.24, 2.45) is 0 Å². The molecule has 0 bridgehead atoms. The van der Waals surface area contributed by atoms with Crippen molar-refractivity contribution in [3.8, 4) is 5.75 Å². The monoisotopic (exact) mass is 476 g/mol. The van der Waals surface area contributed by atoms with Crippen LogP contribution < -0.4 is 4.74 Å². The molecular weight excluding hydrogens is 448 g/mol. The van der Waals surface area contributed by atoms with Crippen LogP contribution in [0.4, 0.5) is 0 Å². The third-order valence-corrected chi connectivity index (χ3v) is 7.66. The Bertz CT molecular complexity index is 944. The molecule has 2 aromatic rings. The summed E-state index contributed by atoms with van der Waals surface area (Å²) in [6.45, 7) is 4.65. The molecule has 3 rings (SSSR count). The average Bonchev–Trinajstić information content (AvgIpc) is 2.80. The van der Waals surface area contributed by atoms with Crippen LogP contribution in [0.25, 0.3) is 0 Å². The maximum atomic E-state index is 14.1. The van der Waals surface area contributed by atoms with Gasteiger partial charge in [0.1, 0.15) is 11.7 Å². The fraction of sp³-hybridized carbons (Fsp3) is 0.440. The van der Waals surface area contributed by atoms with Gasteiger partial charge in [0.25, 0.3) is 0 Å². The zero-order valence-electron chi connectivity index (χ0n) is 18.9. The lowest BCUT2D eigenvalue weighted by Crippen LogP contribution is -2.48. The van der Waals surface area contributed by atoms with Crippen LogP contribution >= 0.6 is 23.4 Å². The van der Waals surface area contributed by atoms with E-state index in [1.807, 2.05) is 44.2 Å². The van der Waals surface area contributed by atoms with Crippen molar-refractivity contribution in [3.05, 3.63) is 63.7 Å². The number of benzene rings is 2. The van der Waals surface area contributed by atoms with Crippen molar-refractivity contribution in [2.45, 2.75) is 43.1 Å². The van der Waals surface area contributed by atoms with Gasteiger partial charge in [-0.15, -0.1) is 11.8 Å². The Kier molecular flexibility index (Phi) is 8.26. The largest absolute Gasteiger partial charge is 0.497 e. The summed E-state index contributed by atoms with van der Waals surface area (Å²) in [6.07, 6.45) is 1.37. The molecule has 1 fully saturated rings. The SMILES string of the molecule is COC(=O)C(C(=O)C1(SCc2ccc(OC)cc2)CCCOC1)c1c(C)cc(C)cc1Cl. The maximum absolute atomic E-state index is 14.1. The average molecular weight is 477 g/mol. The first-order valence-electron chi connectivity index (χ1n) is 10.5.